The standard InChI is InChI=1S/C28H35ClN4O3/c1-4-27(34)32(12-11-31-13-15-36-16-14-31)19-28(35)33-26(23-7-5-6-8-24(23)29)18-25(30-33)22-10-9-20(2)21(3)17-22/h5-10,17,26H,4,11-16,18-19H2,1-3H3/t26-/m0/s1. The first-order chi connectivity index (χ1) is 17.4. The number of hydrazone groups is 1. The fourth-order valence-corrected chi connectivity index (χ4v) is 4.92. The monoisotopic (exact) mass is 510 g/mol. The van der Waals surface area contributed by atoms with Gasteiger partial charge in [0.1, 0.15) is 6.54 Å². The fraction of sp³-hybridized carbons (Fsp3) is 0.464. The van der Waals surface area contributed by atoms with E-state index in [2.05, 4.69) is 30.9 Å². The number of benzene rings is 2. The van der Waals surface area contributed by atoms with Crippen LogP contribution in [0.5, 0.6) is 0 Å². The topological polar surface area (TPSA) is 65.5 Å². The molecule has 0 spiro atoms. The molecule has 7 nitrogen and oxygen atoms in total. The molecule has 2 aliphatic heterocycles. The van der Waals surface area contributed by atoms with E-state index in [1.165, 1.54) is 16.1 Å². The zero-order valence-corrected chi connectivity index (χ0v) is 22.1. The summed E-state index contributed by atoms with van der Waals surface area (Å²) in [5.41, 5.74) is 5.09. The Morgan fingerprint density at radius 1 is 1.11 bits per heavy atom. The van der Waals surface area contributed by atoms with E-state index in [-0.39, 0.29) is 24.4 Å². The third kappa shape index (κ3) is 6.14. The lowest BCUT2D eigenvalue weighted by Crippen LogP contribution is -2.46. The van der Waals surface area contributed by atoms with Gasteiger partial charge in [0.2, 0.25) is 5.91 Å². The lowest BCUT2D eigenvalue weighted by Gasteiger charge is -2.31. The van der Waals surface area contributed by atoms with E-state index in [0.29, 0.717) is 44.2 Å². The van der Waals surface area contributed by atoms with E-state index in [1.807, 2.05) is 37.3 Å². The van der Waals surface area contributed by atoms with Gasteiger partial charge in [0, 0.05) is 44.0 Å². The van der Waals surface area contributed by atoms with Crippen molar-refractivity contribution in [2.45, 2.75) is 39.7 Å². The van der Waals surface area contributed by atoms with Crippen molar-refractivity contribution in [1.82, 2.24) is 14.8 Å². The second kappa shape index (κ2) is 12.0. The molecule has 0 aromatic heterocycles. The Kier molecular flexibility index (Phi) is 8.77. The molecule has 2 heterocycles. The van der Waals surface area contributed by atoms with Crippen LogP contribution in [0.15, 0.2) is 47.6 Å². The Bertz CT molecular complexity index is 1130. The fourth-order valence-electron chi connectivity index (χ4n) is 4.66. The van der Waals surface area contributed by atoms with Crippen LogP contribution in [0, 0.1) is 13.8 Å². The van der Waals surface area contributed by atoms with Crippen molar-refractivity contribution in [2.24, 2.45) is 5.10 Å². The lowest BCUT2D eigenvalue weighted by atomic mass is 9.96. The number of nitrogens with zero attached hydrogens (tertiary/aromatic N) is 4. The summed E-state index contributed by atoms with van der Waals surface area (Å²) in [5.74, 6) is -0.244. The SMILES string of the molecule is CCC(=O)N(CCN1CCOCC1)CC(=O)N1N=C(c2ccc(C)c(C)c2)C[C@H]1c1ccccc1Cl. The first-order valence-electron chi connectivity index (χ1n) is 12.7. The number of carbonyl (C=O) groups excluding carboxylic acids is 2. The highest BCUT2D eigenvalue weighted by Crippen LogP contribution is 2.36. The van der Waals surface area contributed by atoms with Gasteiger partial charge in [-0.1, -0.05) is 48.9 Å². The maximum Gasteiger partial charge on any atom is 0.262 e. The Balaban J connectivity index is 1.57. The Morgan fingerprint density at radius 3 is 2.56 bits per heavy atom. The molecule has 2 aromatic rings. The summed E-state index contributed by atoms with van der Waals surface area (Å²) in [6, 6.07) is 13.5. The summed E-state index contributed by atoms with van der Waals surface area (Å²) >= 11 is 6.56. The van der Waals surface area contributed by atoms with Gasteiger partial charge in [-0.05, 0) is 48.2 Å². The normalized spacial score (nSPS) is 18.3. The van der Waals surface area contributed by atoms with Crippen molar-refractivity contribution >= 4 is 29.1 Å². The van der Waals surface area contributed by atoms with E-state index in [9.17, 15) is 9.59 Å². The summed E-state index contributed by atoms with van der Waals surface area (Å²) < 4.78 is 5.42. The molecule has 1 atom stereocenters. The molecule has 8 heteroatoms. The van der Waals surface area contributed by atoms with Crippen LogP contribution in [0.3, 0.4) is 0 Å². The molecule has 2 aromatic carbocycles. The summed E-state index contributed by atoms with van der Waals surface area (Å²) in [6.45, 7) is 10.3. The molecule has 1 saturated heterocycles. The summed E-state index contributed by atoms with van der Waals surface area (Å²) in [5, 5.41) is 6.93. The summed E-state index contributed by atoms with van der Waals surface area (Å²) in [4.78, 5) is 30.3. The number of hydrogen-bond acceptors (Lipinski definition) is 5. The predicted molar refractivity (Wildman–Crippen MR) is 142 cm³/mol. The molecule has 0 bridgehead atoms. The highest BCUT2D eigenvalue weighted by molar-refractivity contribution is 6.31. The van der Waals surface area contributed by atoms with Gasteiger partial charge in [0.05, 0.1) is 25.0 Å². The Morgan fingerprint density at radius 2 is 1.86 bits per heavy atom. The van der Waals surface area contributed by atoms with Gasteiger partial charge in [-0.15, -0.1) is 0 Å². The van der Waals surface area contributed by atoms with Gasteiger partial charge in [0.15, 0.2) is 0 Å². The summed E-state index contributed by atoms with van der Waals surface area (Å²) in [7, 11) is 0. The third-order valence-corrected chi connectivity index (χ3v) is 7.39. The molecule has 36 heavy (non-hydrogen) atoms. The van der Waals surface area contributed by atoms with Crippen molar-refractivity contribution in [2.75, 3.05) is 45.9 Å². The number of rotatable bonds is 8. The lowest BCUT2D eigenvalue weighted by molar-refractivity contribution is -0.141. The number of ether oxygens (including phenoxy) is 1. The van der Waals surface area contributed by atoms with Gasteiger partial charge in [-0.25, -0.2) is 5.01 Å². The van der Waals surface area contributed by atoms with Crippen LogP contribution < -0.4 is 0 Å². The Hall–Kier alpha value is -2.74. The van der Waals surface area contributed by atoms with E-state index >= 15 is 0 Å². The third-order valence-electron chi connectivity index (χ3n) is 7.04. The number of hydrogen-bond donors (Lipinski definition) is 0. The van der Waals surface area contributed by atoms with E-state index < -0.39 is 0 Å². The molecule has 4 rings (SSSR count). The minimum Gasteiger partial charge on any atom is -0.379 e. The van der Waals surface area contributed by atoms with Crippen LogP contribution in [-0.4, -0.2) is 78.3 Å². The first kappa shape index (κ1) is 26.3. The second-order valence-corrected chi connectivity index (χ2v) is 9.86. The van der Waals surface area contributed by atoms with E-state index in [1.54, 1.807) is 4.90 Å². The molecular formula is C28H35ClN4O3. The molecule has 0 unspecified atom stereocenters. The molecule has 192 valence electrons. The largest absolute Gasteiger partial charge is 0.379 e. The van der Waals surface area contributed by atoms with Crippen molar-refractivity contribution in [3.8, 4) is 0 Å². The van der Waals surface area contributed by atoms with Crippen LogP contribution in [0.2, 0.25) is 5.02 Å². The minimum atomic E-state index is -0.319. The summed E-state index contributed by atoms with van der Waals surface area (Å²) in [6.07, 6.45) is 0.912. The molecule has 0 N–H and O–H groups in total. The van der Waals surface area contributed by atoms with Gasteiger partial charge in [0.25, 0.3) is 5.91 Å². The van der Waals surface area contributed by atoms with Crippen LogP contribution >= 0.6 is 11.6 Å². The van der Waals surface area contributed by atoms with Gasteiger partial charge < -0.3 is 9.64 Å². The molecule has 0 aliphatic carbocycles. The van der Waals surface area contributed by atoms with Crippen LogP contribution in [-0.2, 0) is 14.3 Å². The van der Waals surface area contributed by atoms with Gasteiger partial charge in [-0.2, -0.15) is 5.10 Å². The maximum atomic E-state index is 13.7. The average molecular weight is 511 g/mol. The molecule has 2 aliphatic rings. The molecule has 2 amide bonds. The zero-order chi connectivity index (χ0) is 25.7. The quantitative estimate of drug-likeness (QED) is 0.533. The number of morpholine rings is 1. The smallest absolute Gasteiger partial charge is 0.262 e. The zero-order valence-electron chi connectivity index (χ0n) is 21.4. The second-order valence-electron chi connectivity index (χ2n) is 9.45. The maximum absolute atomic E-state index is 13.7. The molecule has 0 saturated carbocycles. The van der Waals surface area contributed by atoms with Crippen molar-refractivity contribution in [1.29, 1.82) is 0 Å². The van der Waals surface area contributed by atoms with Crippen molar-refractivity contribution in [3.63, 3.8) is 0 Å². The van der Waals surface area contributed by atoms with Crippen molar-refractivity contribution < 1.29 is 14.3 Å². The van der Waals surface area contributed by atoms with Crippen LogP contribution in [0.4, 0.5) is 0 Å². The van der Waals surface area contributed by atoms with Crippen molar-refractivity contribution in [3.05, 3.63) is 69.7 Å². The molecule has 0 radical (unpaired) electrons. The van der Waals surface area contributed by atoms with E-state index in [0.717, 1.165) is 29.9 Å². The van der Waals surface area contributed by atoms with Crippen LogP contribution in [0.1, 0.15) is 48.1 Å². The molecule has 1 fully saturated rings. The number of aryl methyl sites for hydroxylation is 2. The first-order valence-corrected chi connectivity index (χ1v) is 13.0. The Labute approximate surface area is 218 Å². The number of halogens is 1. The number of amides is 2. The highest BCUT2D eigenvalue weighted by atomic mass is 35.5. The minimum absolute atomic E-state index is 0.0122. The average Bonchev–Trinajstić information content (AvgIpc) is 3.34. The van der Waals surface area contributed by atoms with Gasteiger partial charge >= 0.3 is 0 Å². The predicted octanol–water partition coefficient (Wildman–Crippen LogP) is 4.21. The van der Waals surface area contributed by atoms with E-state index in [4.69, 9.17) is 21.4 Å². The highest BCUT2D eigenvalue weighted by Gasteiger charge is 2.35. The molecular weight excluding hydrogens is 476 g/mol. The van der Waals surface area contributed by atoms with Crippen LogP contribution in [0.25, 0.3) is 0 Å². The van der Waals surface area contributed by atoms with Gasteiger partial charge in [-0.3, -0.25) is 14.5 Å². The number of carbonyl (C=O) groups is 2.